The Balaban J connectivity index is 3.51. The number of carbonyl (C=O) groups is 1. The molecule has 0 aliphatic heterocycles. The van der Waals surface area contributed by atoms with Gasteiger partial charge in [0.15, 0.2) is 0 Å². The first-order valence-corrected chi connectivity index (χ1v) is 6.22. The van der Waals surface area contributed by atoms with Crippen LogP contribution >= 0.6 is 0 Å². The van der Waals surface area contributed by atoms with Gasteiger partial charge in [-0.1, -0.05) is 13.8 Å². The fraction of sp³-hybridized carbons (Fsp3) is 0.917. The highest BCUT2D eigenvalue weighted by atomic mass is 16.5. The summed E-state index contributed by atoms with van der Waals surface area (Å²) >= 11 is 0. The summed E-state index contributed by atoms with van der Waals surface area (Å²) in [7, 11) is 1.39. The third kappa shape index (κ3) is 9.09. The lowest BCUT2D eigenvalue weighted by Crippen LogP contribution is -2.38. The summed E-state index contributed by atoms with van der Waals surface area (Å²) in [6.07, 6.45) is 1.64. The van der Waals surface area contributed by atoms with Crippen LogP contribution in [0.15, 0.2) is 0 Å². The Kier molecular flexibility index (Phi) is 11.4. The van der Waals surface area contributed by atoms with Gasteiger partial charge in [-0.05, 0) is 19.4 Å². The topological polar surface area (TPSA) is 56.8 Å². The Morgan fingerprint density at radius 2 is 1.76 bits per heavy atom. The zero-order chi connectivity index (χ0) is 12.9. The Hall–Kier alpha value is -0.650. The third-order valence-corrected chi connectivity index (χ3v) is 2.21. The molecule has 0 aliphatic rings. The maximum atomic E-state index is 11.3. The zero-order valence-corrected chi connectivity index (χ0v) is 11.2. The minimum Gasteiger partial charge on any atom is -0.468 e. The molecule has 0 saturated carbocycles. The summed E-state index contributed by atoms with van der Waals surface area (Å²) in [6.45, 7) is 7.23. The van der Waals surface area contributed by atoms with Crippen LogP contribution in [0.4, 0.5) is 0 Å². The minimum absolute atomic E-state index is 0.238. The van der Waals surface area contributed by atoms with E-state index in [0.717, 1.165) is 19.6 Å². The Bertz CT molecular complexity index is 187. The van der Waals surface area contributed by atoms with Gasteiger partial charge in [0.2, 0.25) is 0 Å². The number of carbonyl (C=O) groups excluding carboxylic acids is 1. The van der Waals surface area contributed by atoms with E-state index in [4.69, 9.17) is 14.2 Å². The number of hydrogen-bond acceptors (Lipinski definition) is 5. The molecular formula is C12H25NO4. The molecule has 5 heteroatoms. The smallest absolute Gasteiger partial charge is 0.322 e. The van der Waals surface area contributed by atoms with Crippen molar-refractivity contribution in [2.24, 2.45) is 0 Å². The molecular weight excluding hydrogens is 222 g/mol. The molecule has 0 aliphatic carbocycles. The molecule has 1 N–H and O–H groups in total. The molecule has 5 nitrogen and oxygen atoms in total. The van der Waals surface area contributed by atoms with Gasteiger partial charge < -0.3 is 19.5 Å². The quantitative estimate of drug-likeness (QED) is 0.435. The van der Waals surface area contributed by atoms with Crippen LogP contribution in [0.1, 0.15) is 26.7 Å². The fourth-order valence-electron chi connectivity index (χ4n) is 1.36. The number of nitrogens with one attached hydrogen (secondary N) is 1. The van der Waals surface area contributed by atoms with E-state index in [9.17, 15) is 4.79 Å². The van der Waals surface area contributed by atoms with Crippen LogP contribution in [0.25, 0.3) is 0 Å². The largest absolute Gasteiger partial charge is 0.468 e. The molecule has 102 valence electrons. The van der Waals surface area contributed by atoms with Crippen molar-refractivity contribution < 1.29 is 19.0 Å². The van der Waals surface area contributed by atoms with Crippen LogP contribution in [0.2, 0.25) is 0 Å². The molecule has 0 aromatic rings. The highest BCUT2D eigenvalue weighted by Gasteiger charge is 2.16. The summed E-state index contributed by atoms with van der Waals surface area (Å²) in [5, 5.41) is 3.06. The average molecular weight is 247 g/mol. The highest BCUT2D eigenvalue weighted by molar-refractivity contribution is 5.75. The summed E-state index contributed by atoms with van der Waals surface area (Å²) in [6, 6.07) is -0.276. The van der Waals surface area contributed by atoms with Crippen LogP contribution < -0.4 is 5.32 Å². The molecule has 1 unspecified atom stereocenters. The number of methoxy groups -OCH3 is 1. The number of rotatable bonds is 11. The molecule has 0 rings (SSSR count). The van der Waals surface area contributed by atoms with E-state index in [-0.39, 0.29) is 12.0 Å². The summed E-state index contributed by atoms with van der Waals surface area (Å²) in [5.74, 6) is -0.238. The van der Waals surface area contributed by atoms with Crippen LogP contribution in [0.3, 0.4) is 0 Å². The van der Waals surface area contributed by atoms with Gasteiger partial charge >= 0.3 is 5.97 Å². The molecule has 0 aromatic carbocycles. The van der Waals surface area contributed by atoms with Crippen LogP contribution in [0.5, 0.6) is 0 Å². The lowest BCUT2D eigenvalue weighted by atomic mass is 10.2. The van der Waals surface area contributed by atoms with E-state index in [2.05, 4.69) is 12.2 Å². The van der Waals surface area contributed by atoms with E-state index < -0.39 is 0 Å². The summed E-state index contributed by atoms with van der Waals surface area (Å²) in [5.41, 5.74) is 0. The van der Waals surface area contributed by atoms with Crippen LogP contribution in [-0.2, 0) is 19.0 Å². The molecule has 0 spiro atoms. The number of likely N-dealkylation sites (N-methyl/N-ethyl adjacent to an activating group) is 1. The van der Waals surface area contributed by atoms with Gasteiger partial charge in [-0.25, -0.2) is 0 Å². The standard InChI is InChI=1S/C12H25NO4/c1-4-7-16-9-10-17-8-6-11(13-5-2)12(14)15-3/h11,13H,4-10H2,1-3H3. The fourth-order valence-corrected chi connectivity index (χ4v) is 1.36. The lowest BCUT2D eigenvalue weighted by Gasteiger charge is -2.15. The van der Waals surface area contributed by atoms with E-state index >= 15 is 0 Å². The van der Waals surface area contributed by atoms with Gasteiger partial charge in [0.1, 0.15) is 6.04 Å². The molecule has 0 saturated heterocycles. The molecule has 0 bridgehead atoms. The first kappa shape index (κ1) is 16.4. The predicted molar refractivity (Wildman–Crippen MR) is 66.0 cm³/mol. The predicted octanol–water partition coefficient (Wildman–Crippen LogP) is 0.971. The molecule has 0 heterocycles. The van der Waals surface area contributed by atoms with Crippen molar-refractivity contribution in [2.45, 2.75) is 32.7 Å². The molecule has 0 radical (unpaired) electrons. The van der Waals surface area contributed by atoms with Crippen molar-refractivity contribution in [3.05, 3.63) is 0 Å². The van der Waals surface area contributed by atoms with Gasteiger partial charge in [-0.3, -0.25) is 4.79 Å². The van der Waals surface area contributed by atoms with E-state index in [1.807, 2.05) is 6.92 Å². The maximum Gasteiger partial charge on any atom is 0.322 e. The lowest BCUT2D eigenvalue weighted by molar-refractivity contribution is -0.143. The molecule has 1 atom stereocenters. The number of ether oxygens (including phenoxy) is 3. The average Bonchev–Trinajstić information content (AvgIpc) is 2.35. The Morgan fingerprint density at radius 3 is 2.29 bits per heavy atom. The second-order valence-electron chi connectivity index (χ2n) is 3.65. The molecule has 0 aromatic heterocycles. The third-order valence-electron chi connectivity index (χ3n) is 2.21. The SMILES string of the molecule is CCCOCCOCCC(NCC)C(=O)OC. The second-order valence-corrected chi connectivity index (χ2v) is 3.65. The van der Waals surface area contributed by atoms with Crippen molar-refractivity contribution >= 4 is 5.97 Å². The highest BCUT2D eigenvalue weighted by Crippen LogP contribution is 1.96. The van der Waals surface area contributed by atoms with Gasteiger partial charge in [0.25, 0.3) is 0 Å². The molecule has 0 amide bonds. The zero-order valence-electron chi connectivity index (χ0n) is 11.2. The van der Waals surface area contributed by atoms with Crippen molar-refractivity contribution in [1.29, 1.82) is 0 Å². The van der Waals surface area contributed by atoms with Crippen LogP contribution in [-0.4, -0.2) is 52.1 Å². The molecule has 17 heavy (non-hydrogen) atoms. The van der Waals surface area contributed by atoms with E-state index in [1.165, 1.54) is 7.11 Å². The van der Waals surface area contributed by atoms with Crippen molar-refractivity contribution in [3.8, 4) is 0 Å². The molecule has 0 fully saturated rings. The summed E-state index contributed by atoms with van der Waals surface area (Å²) < 4.78 is 15.3. The second kappa shape index (κ2) is 11.8. The normalized spacial score (nSPS) is 12.4. The van der Waals surface area contributed by atoms with E-state index in [0.29, 0.717) is 26.2 Å². The monoisotopic (exact) mass is 247 g/mol. The first-order chi connectivity index (χ1) is 8.26. The van der Waals surface area contributed by atoms with Crippen molar-refractivity contribution in [3.63, 3.8) is 0 Å². The number of esters is 1. The maximum absolute atomic E-state index is 11.3. The first-order valence-electron chi connectivity index (χ1n) is 6.22. The van der Waals surface area contributed by atoms with Gasteiger partial charge in [-0.2, -0.15) is 0 Å². The Morgan fingerprint density at radius 1 is 1.12 bits per heavy atom. The van der Waals surface area contributed by atoms with Crippen LogP contribution in [0, 0.1) is 0 Å². The van der Waals surface area contributed by atoms with Gasteiger partial charge in [-0.15, -0.1) is 0 Å². The minimum atomic E-state index is -0.276. The van der Waals surface area contributed by atoms with E-state index in [1.54, 1.807) is 0 Å². The van der Waals surface area contributed by atoms with Gasteiger partial charge in [0.05, 0.1) is 20.3 Å². The number of hydrogen-bond donors (Lipinski definition) is 1. The van der Waals surface area contributed by atoms with Crippen molar-refractivity contribution in [1.82, 2.24) is 5.32 Å². The summed E-state index contributed by atoms with van der Waals surface area (Å²) in [4.78, 5) is 11.3. The van der Waals surface area contributed by atoms with Gasteiger partial charge in [0, 0.05) is 13.2 Å². The Labute approximate surface area is 104 Å². The van der Waals surface area contributed by atoms with Crippen molar-refractivity contribution in [2.75, 3.05) is 40.1 Å².